The Kier molecular flexibility index (Phi) is 5.29. The van der Waals surface area contributed by atoms with Gasteiger partial charge in [-0.1, -0.05) is 6.58 Å². The van der Waals surface area contributed by atoms with Gasteiger partial charge in [0.25, 0.3) is 0 Å². The lowest BCUT2D eigenvalue weighted by atomic mass is 10.4. The van der Waals surface area contributed by atoms with Crippen LogP contribution in [0.4, 0.5) is 4.39 Å². The van der Waals surface area contributed by atoms with Crippen molar-refractivity contribution in [2.24, 2.45) is 0 Å². The van der Waals surface area contributed by atoms with E-state index in [1.807, 2.05) is 0 Å². The highest BCUT2D eigenvalue weighted by molar-refractivity contribution is 6.17. The molecule has 0 aromatic carbocycles. The Balaban J connectivity index is 3.69. The topological polar surface area (TPSA) is 0 Å². The van der Waals surface area contributed by atoms with Crippen molar-refractivity contribution in [1.29, 1.82) is 0 Å². The molecular weight excluding hydrogens is 139 g/mol. The summed E-state index contributed by atoms with van der Waals surface area (Å²) in [6.45, 7) is 3.21. The molecule has 0 radical (unpaired) electrons. The summed E-state index contributed by atoms with van der Waals surface area (Å²) in [5.74, 6) is 0.115. The van der Waals surface area contributed by atoms with Gasteiger partial charge in [0, 0.05) is 12.0 Å². The molecule has 0 nitrogen and oxygen atoms in total. The third-order valence-corrected chi connectivity index (χ3v) is 0.907. The summed E-state index contributed by atoms with van der Waals surface area (Å²) >= 11 is 5.28. The van der Waals surface area contributed by atoms with Gasteiger partial charge in [-0.2, -0.15) is 0 Å². The average Bonchev–Trinajstić information content (AvgIpc) is 1.85. The predicted molar refractivity (Wildman–Crippen MR) is 38.2 cm³/mol. The van der Waals surface area contributed by atoms with Crippen molar-refractivity contribution < 1.29 is 4.39 Å². The second-order valence-corrected chi connectivity index (χ2v) is 1.79. The van der Waals surface area contributed by atoms with Crippen molar-refractivity contribution in [2.75, 3.05) is 5.88 Å². The molecular formula is C7H8ClF. The van der Waals surface area contributed by atoms with Crippen LogP contribution >= 0.6 is 11.6 Å². The first kappa shape index (κ1) is 8.48. The molecule has 0 aliphatic rings. The van der Waals surface area contributed by atoms with Crippen molar-refractivity contribution in [2.45, 2.75) is 6.42 Å². The number of alkyl halides is 1. The molecule has 0 saturated heterocycles. The van der Waals surface area contributed by atoms with Crippen molar-refractivity contribution >= 4 is 11.6 Å². The number of allylic oxidation sites excluding steroid dienone is 3. The molecule has 0 atom stereocenters. The Bertz CT molecular complexity index is 143. The summed E-state index contributed by atoms with van der Waals surface area (Å²) in [4.78, 5) is 0. The second-order valence-electron chi connectivity index (χ2n) is 1.42. The highest BCUT2D eigenvalue weighted by Gasteiger charge is 1.83. The zero-order valence-electron chi connectivity index (χ0n) is 5.03. The van der Waals surface area contributed by atoms with Gasteiger partial charge < -0.3 is 0 Å². The minimum Gasteiger partial charge on any atom is -0.207 e. The van der Waals surface area contributed by atoms with E-state index in [1.54, 1.807) is 0 Å². The van der Waals surface area contributed by atoms with Gasteiger partial charge in [-0.3, -0.25) is 0 Å². The first-order chi connectivity index (χ1) is 4.31. The Morgan fingerprint density at radius 2 is 2.44 bits per heavy atom. The van der Waals surface area contributed by atoms with E-state index in [4.69, 9.17) is 11.6 Å². The Labute approximate surface area is 59.3 Å². The quantitative estimate of drug-likeness (QED) is 0.326. The SMILES string of the molecule is C=C=CC(F)=CCCCl. The van der Waals surface area contributed by atoms with Crippen LogP contribution in [0.1, 0.15) is 6.42 Å². The van der Waals surface area contributed by atoms with Crippen LogP contribution in [0, 0.1) is 0 Å². The van der Waals surface area contributed by atoms with E-state index in [-0.39, 0.29) is 5.83 Å². The van der Waals surface area contributed by atoms with Crippen LogP contribution in [0.5, 0.6) is 0 Å². The van der Waals surface area contributed by atoms with Crippen LogP contribution in [0.2, 0.25) is 0 Å². The van der Waals surface area contributed by atoms with Gasteiger partial charge in [-0.05, 0) is 12.5 Å². The molecule has 2 heteroatoms. The Morgan fingerprint density at radius 1 is 1.78 bits per heavy atom. The molecule has 0 aliphatic carbocycles. The van der Waals surface area contributed by atoms with E-state index in [2.05, 4.69) is 12.3 Å². The normalized spacial score (nSPS) is 10.7. The van der Waals surface area contributed by atoms with Gasteiger partial charge in [-0.15, -0.1) is 17.3 Å². The van der Waals surface area contributed by atoms with Crippen molar-refractivity contribution in [3.8, 4) is 0 Å². The molecule has 0 aromatic heterocycles. The summed E-state index contributed by atoms with van der Waals surface area (Å²) in [5.41, 5.74) is 2.31. The van der Waals surface area contributed by atoms with Gasteiger partial charge >= 0.3 is 0 Å². The predicted octanol–water partition coefficient (Wildman–Crippen LogP) is 2.81. The first-order valence-corrected chi connectivity index (χ1v) is 3.12. The van der Waals surface area contributed by atoms with E-state index >= 15 is 0 Å². The third kappa shape index (κ3) is 5.35. The molecule has 0 fully saturated rings. The molecule has 0 bridgehead atoms. The minimum absolute atomic E-state index is 0.328. The van der Waals surface area contributed by atoms with Gasteiger partial charge in [0.1, 0.15) is 5.83 Å². The average molecular weight is 147 g/mol. The molecule has 0 aromatic rings. The maximum Gasteiger partial charge on any atom is 0.126 e. The van der Waals surface area contributed by atoms with E-state index in [1.165, 1.54) is 12.2 Å². The molecule has 0 heterocycles. The summed E-state index contributed by atoms with van der Waals surface area (Å²) in [6.07, 6.45) is 3.11. The van der Waals surface area contributed by atoms with Crippen LogP contribution in [0.15, 0.2) is 30.3 Å². The van der Waals surface area contributed by atoms with Crippen molar-refractivity contribution in [3.05, 3.63) is 30.3 Å². The maximum atomic E-state index is 12.2. The smallest absolute Gasteiger partial charge is 0.126 e. The van der Waals surface area contributed by atoms with Crippen LogP contribution in [-0.4, -0.2) is 5.88 Å². The molecule has 0 saturated carbocycles. The molecule has 50 valence electrons. The Morgan fingerprint density at radius 3 is 2.89 bits per heavy atom. The summed E-state index contributed by atoms with van der Waals surface area (Å²) < 4.78 is 12.2. The minimum atomic E-state index is -0.328. The van der Waals surface area contributed by atoms with E-state index in [0.29, 0.717) is 12.3 Å². The molecule has 9 heavy (non-hydrogen) atoms. The standard InChI is InChI=1S/C7H8ClF/c1-2-4-7(9)5-3-6-8/h4-5H,1,3,6H2. The lowest BCUT2D eigenvalue weighted by Crippen LogP contribution is -1.68. The van der Waals surface area contributed by atoms with Crippen LogP contribution in [0.3, 0.4) is 0 Å². The maximum absolute atomic E-state index is 12.2. The van der Waals surface area contributed by atoms with Gasteiger partial charge in [0.2, 0.25) is 0 Å². The third-order valence-electron chi connectivity index (χ3n) is 0.688. The lowest BCUT2D eigenvalue weighted by Gasteiger charge is -1.82. The fourth-order valence-corrected chi connectivity index (χ4v) is 0.458. The van der Waals surface area contributed by atoms with Gasteiger partial charge in [0.15, 0.2) is 0 Å². The van der Waals surface area contributed by atoms with Crippen LogP contribution in [0.25, 0.3) is 0 Å². The van der Waals surface area contributed by atoms with Gasteiger partial charge in [0.05, 0.1) is 0 Å². The van der Waals surface area contributed by atoms with E-state index in [0.717, 1.165) is 0 Å². The van der Waals surface area contributed by atoms with E-state index < -0.39 is 0 Å². The largest absolute Gasteiger partial charge is 0.207 e. The van der Waals surface area contributed by atoms with Gasteiger partial charge in [-0.25, -0.2) is 4.39 Å². The molecule has 0 spiro atoms. The lowest BCUT2D eigenvalue weighted by molar-refractivity contribution is 0.662. The fourth-order valence-electron chi connectivity index (χ4n) is 0.349. The van der Waals surface area contributed by atoms with Crippen LogP contribution in [-0.2, 0) is 0 Å². The highest BCUT2D eigenvalue weighted by atomic mass is 35.5. The molecule has 0 amide bonds. The first-order valence-electron chi connectivity index (χ1n) is 2.58. The zero-order chi connectivity index (χ0) is 7.11. The summed E-state index contributed by atoms with van der Waals surface area (Å²) in [5, 5.41) is 0. The Hall–Kier alpha value is -0.520. The summed E-state index contributed by atoms with van der Waals surface area (Å²) in [7, 11) is 0. The van der Waals surface area contributed by atoms with E-state index in [9.17, 15) is 4.39 Å². The zero-order valence-corrected chi connectivity index (χ0v) is 5.79. The molecule has 0 rings (SSSR count). The van der Waals surface area contributed by atoms with Crippen molar-refractivity contribution in [3.63, 3.8) is 0 Å². The number of hydrogen-bond acceptors (Lipinski definition) is 0. The van der Waals surface area contributed by atoms with Crippen LogP contribution < -0.4 is 0 Å². The number of halogens is 2. The summed E-state index contributed by atoms with van der Waals surface area (Å²) in [6, 6.07) is 0. The highest BCUT2D eigenvalue weighted by Crippen LogP contribution is 1.99. The molecule has 0 aliphatic heterocycles. The molecule has 0 unspecified atom stereocenters. The van der Waals surface area contributed by atoms with Crippen molar-refractivity contribution in [1.82, 2.24) is 0 Å². The number of rotatable bonds is 3. The number of hydrogen-bond donors (Lipinski definition) is 0. The monoisotopic (exact) mass is 146 g/mol. The second kappa shape index (κ2) is 5.61. The fraction of sp³-hybridized carbons (Fsp3) is 0.286. The molecule has 0 N–H and O–H groups in total.